The molecule has 28 heavy (non-hydrogen) atoms. The van der Waals surface area contributed by atoms with Crippen molar-refractivity contribution in [3.05, 3.63) is 38.7 Å². The van der Waals surface area contributed by atoms with Gasteiger partial charge in [0, 0.05) is 31.3 Å². The van der Waals surface area contributed by atoms with Gasteiger partial charge in [-0.3, -0.25) is 14.4 Å². The molecule has 1 aromatic carbocycles. The number of ether oxygens (including phenoxy) is 1. The lowest BCUT2D eigenvalue weighted by Gasteiger charge is -2.14. The van der Waals surface area contributed by atoms with Crippen LogP contribution in [0.4, 0.5) is 0 Å². The summed E-state index contributed by atoms with van der Waals surface area (Å²) in [5, 5.41) is 12.6. The zero-order valence-electron chi connectivity index (χ0n) is 15.4. The van der Waals surface area contributed by atoms with Gasteiger partial charge in [0.05, 0.1) is 17.0 Å². The quantitative estimate of drug-likeness (QED) is 0.357. The fraction of sp³-hybridized carbons (Fsp3) is 0.368. The number of hydrogen-bond acceptors (Lipinski definition) is 7. The van der Waals surface area contributed by atoms with Crippen LogP contribution in [0, 0.1) is 5.92 Å². The summed E-state index contributed by atoms with van der Waals surface area (Å²) in [5.74, 6) is -2.42. The van der Waals surface area contributed by atoms with Gasteiger partial charge in [-0.05, 0) is 41.4 Å². The molecule has 8 nitrogen and oxygen atoms in total. The Morgan fingerprint density at radius 1 is 1.29 bits per heavy atom. The van der Waals surface area contributed by atoms with E-state index in [1.807, 2.05) is 0 Å². The number of hydrogen-bond donors (Lipinski definition) is 2. The predicted octanol–water partition coefficient (Wildman–Crippen LogP) is 2.54. The van der Waals surface area contributed by atoms with Crippen LogP contribution in [0.15, 0.2) is 31.9 Å². The third-order valence-electron chi connectivity index (χ3n) is 4.15. The lowest BCUT2D eigenvalue weighted by molar-refractivity contribution is -0.148. The van der Waals surface area contributed by atoms with E-state index >= 15 is 0 Å². The largest absolute Gasteiger partial charge is 0.507 e. The number of halogens is 1. The maximum atomic E-state index is 12.7. The lowest BCUT2D eigenvalue weighted by atomic mass is 9.94. The van der Waals surface area contributed by atoms with Crippen molar-refractivity contribution in [2.45, 2.75) is 26.2 Å². The lowest BCUT2D eigenvalue weighted by Crippen LogP contribution is -2.26. The predicted molar refractivity (Wildman–Crippen MR) is 104 cm³/mol. The number of phenolic OH excluding ortho intramolecular Hbond substituents is 1. The highest BCUT2D eigenvalue weighted by Crippen LogP contribution is 2.29. The molecule has 2 rings (SSSR count). The van der Waals surface area contributed by atoms with Crippen molar-refractivity contribution in [3.63, 3.8) is 0 Å². The summed E-state index contributed by atoms with van der Waals surface area (Å²) < 4.78 is 10.5. The number of esters is 1. The zero-order valence-corrected chi connectivity index (χ0v) is 17.0. The van der Waals surface area contributed by atoms with Gasteiger partial charge >= 0.3 is 11.6 Å². The molecule has 9 heteroatoms. The van der Waals surface area contributed by atoms with Crippen LogP contribution in [0.2, 0.25) is 0 Å². The van der Waals surface area contributed by atoms with E-state index in [0.717, 1.165) is 0 Å². The molecule has 2 aromatic rings. The molecule has 0 fully saturated rings. The molecular formula is C19H20BrNO7. The van der Waals surface area contributed by atoms with Crippen molar-refractivity contribution in [2.24, 2.45) is 5.92 Å². The molecule has 1 heterocycles. The van der Waals surface area contributed by atoms with Crippen molar-refractivity contribution in [1.82, 2.24) is 5.32 Å². The van der Waals surface area contributed by atoms with E-state index < -0.39 is 23.3 Å². The molecule has 1 aromatic heterocycles. The molecule has 0 aliphatic heterocycles. The number of carbonyl (C=O) groups is 3. The molecule has 0 saturated heterocycles. The van der Waals surface area contributed by atoms with Gasteiger partial charge in [-0.1, -0.05) is 0 Å². The number of nitrogens with one attached hydrogen (secondary N) is 1. The summed E-state index contributed by atoms with van der Waals surface area (Å²) in [6, 6.07) is 4.13. The summed E-state index contributed by atoms with van der Waals surface area (Å²) in [5.41, 5.74) is -0.948. The summed E-state index contributed by atoms with van der Waals surface area (Å²) in [4.78, 5) is 48.5. The Morgan fingerprint density at radius 3 is 2.64 bits per heavy atom. The summed E-state index contributed by atoms with van der Waals surface area (Å²) in [6.07, 6.45) is -0.125. The fourth-order valence-corrected chi connectivity index (χ4v) is 3.01. The van der Waals surface area contributed by atoms with Crippen LogP contribution in [0.3, 0.4) is 0 Å². The Kier molecular flexibility index (Phi) is 7.33. The van der Waals surface area contributed by atoms with Crippen LogP contribution >= 0.6 is 15.9 Å². The molecule has 0 spiro atoms. The monoisotopic (exact) mass is 453 g/mol. The highest BCUT2D eigenvalue weighted by molar-refractivity contribution is 9.10. The van der Waals surface area contributed by atoms with Crippen LogP contribution < -0.4 is 10.9 Å². The van der Waals surface area contributed by atoms with Gasteiger partial charge in [-0.15, -0.1) is 0 Å². The Labute approximate surface area is 169 Å². The maximum Gasteiger partial charge on any atom is 0.347 e. The number of rotatable bonds is 8. The first-order chi connectivity index (χ1) is 13.3. The molecule has 2 N–H and O–H groups in total. The first kappa shape index (κ1) is 21.6. The molecule has 0 radical (unpaired) electrons. The second kappa shape index (κ2) is 9.50. The van der Waals surface area contributed by atoms with Gasteiger partial charge in [-0.25, -0.2) is 4.79 Å². The highest BCUT2D eigenvalue weighted by atomic mass is 79.9. The second-order valence-electron chi connectivity index (χ2n) is 6.08. The number of Topliss-reactive ketones (excluding diaryl/α,β-unsaturated/α-hetero) is 1. The van der Waals surface area contributed by atoms with Crippen LogP contribution in [-0.4, -0.2) is 36.4 Å². The van der Waals surface area contributed by atoms with E-state index in [1.54, 1.807) is 6.92 Å². The number of ketones is 1. The third kappa shape index (κ3) is 5.19. The third-order valence-corrected chi connectivity index (χ3v) is 4.79. The minimum Gasteiger partial charge on any atom is -0.507 e. The van der Waals surface area contributed by atoms with E-state index in [9.17, 15) is 24.3 Å². The van der Waals surface area contributed by atoms with Crippen LogP contribution in [0.1, 0.15) is 36.5 Å². The van der Waals surface area contributed by atoms with Crippen molar-refractivity contribution in [2.75, 3.05) is 13.7 Å². The van der Waals surface area contributed by atoms with Gasteiger partial charge in [0.15, 0.2) is 5.78 Å². The number of amides is 1. The van der Waals surface area contributed by atoms with E-state index in [1.165, 1.54) is 25.2 Å². The normalized spacial score (nSPS) is 11.8. The fourth-order valence-electron chi connectivity index (χ4n) is 2.65. The molecule has 0 unspecified atom stereocenters. The number of fused-ring (bicyclic) bond motifs is 1. The average molecular weight is 454 g/mol. The number of aromatic hydroxyl groups is 1. The first-order valence-electron chi connectivity index (χ1n) is 8.63. The van der Waals surface area contributed by atoms with E-state index in [-0.39, 0.29) is 48.7 Å². The Morgan fingerprint density at radius 2 is 2.00 bits per heavy atom. The maximum absolute atomic E-state index is 12.7. The van der Waals surface area contributed by atoms with Crippen molar-refractivity contribution in [1.29, 1.82) is 0 Å². The molecule has 0 aliphatic rings. The molecule has 0 bridgehead atoms. The molecule has 150 valence electrons. The Balaban J connectivity index is 2.29. The van der Waals surface area contributed by atoms with Crippen LogP contribution in [0.5, 0.6) is 5.75 Å². The van der Waals surface area contributed by atoms with E-state index in [0.29, 0.717) is 9.86 Å². The van der Waals surface area contributed by atoms with Gasteiger partial charge in [-0.2, -0.15) is 0 Å². The minimum atomic E-state index is -0.867. The number of benzene rings is 1. The topological polar surface area (TPSA) is 123 Å². The Bertz CT molecular complexity index is 967. The van der Waals surface area contributed by atoms with Gasteiger partial charge in [0.25, 0.3) is 0 Å². The van der Waals surface area contributed by atoms with Crippen molar-refractivity contribution < 1.29 is 28.6 Å². The molecule has 1 atom stereocenters. The standard InChI is InChI=1S/C19H20BrNO7/c1-3-27-18(25)10(4-5-17(24)21-2)8-14(22)12-6-11-7-13(20)15(23)9-16(11)28-19(12)26/h6-7,9-10,23H,3-5,8H2,1-2H3,(H,21,24)/t10-/m1/s1. The summed E-state index contributed by atoms with van der Waals surface area (Å²) in [6.45, 7) is 1.78. The molecule has 0 saturated carbocycles. The van der Waals surface area contributed by atoms with E-state index in [4.69, 9.17) is 9.15 Å². The molecule has 1 amide bonds. The average Bonchev–Trinajstić information content (AvgIpc) is 2.65. The summed E-state index contributed by atoms with van der Waals surface area (Å²) >= 11 is 3.16. The van der Waals surface area contributed by atoms with Gasteiger partial charge in [0.2, 0.25) is 5.91 Å². The zero-order chi connectivity index (χ0) is 20.8. The first-order valence-corrected chi connectivity index (χ1v) is 9.42. The Hall–Kier alpha value is -2.68. The second-order valence-corrected chi connectivity index (χ2v) is 6.93. The van der Waals surface area contributed by atoms with Gasteiger partial charge in [0.1, 0.15) is 16.9 Å². The van der Waals surface area contributed by atoms with Crippen LogP contribution in [0.25, 0.3) is 11.0 Å². The number of carbonyl (C=O) groups excluding carboxylic acids is 3. The minimum absolute atomic E-state index is 0.0474. The summed E-state index contributed by atoms with van der Waals surface area (Å²) in [7, 11) is 1.48. The molecule has 0 aliphatic carbocycles. The van der Waals surface area contributed by atoms with Gasteiger partial charge < -0.3 is 19.6 Å². The molecular weight excluding hydrogens is 434 g/mol. The van der Waals surface area contributed by atoms with Crippen molar-refractivity contribution >= 4 is 44.6 Å². The SMILES string of the molecule is CCOC(=O)[C@H](CCC(=O)NC)CC(=O)c1cc2cc(Br)c(O)cc2oc1=O. The van der Waals surface area contributed by atoms with Crippen LogP contribution in [-0.2, 0) is 14.3 Å². The smallest absolute Gasteiger partial charge is 0.347 e. The number of phenols is 1. The van der Waals surface area contributed by atoms with E-state index in [2.05, 4.69) is 21.2 Å². The highest BCUT2D eigenvalue weighted by Gasteiger charge is 2.26. The van der Waals surface area contributed by atoms with Crippen molar-refractivity contribution in [3.8, 4) is 5.75 Å².